The number of ether oxygens (including phenoxy) is 1. The van der Waals surface area contributed by atoms with Crippen molar-refractivity contribution in [1.82, 2.24) is 9.88 Å². The molecular weight excluding hydrogens is 326 g/mol. The predicted octanol–water partition coefficient (Wildman–Crippen LogP) is 3.45. The molecule has 1 N–H and O–H groups in total. The number of H-pyrrole nitrogens is 1. The molecule has 26 heavy (non-hydrogen) atoms. The van der Waals surface area contributed by atoms with E-state index in [2.05, 4.69) is 34.1 Å². The summed E-state index contributed by atoms with van der Waals surface area (Å²) in [4.78, 5) is 20.8. The maximum atomic E-state index is 13.1. The fraction of sp³-hybridized carbons (Fsp3) is 0.286. The van der Waals surface area contributed by atoms with Crippen LogP contribution in [0.5, 0.6) is 5.75 Å². The zero-order valence-electron chi connectivity index (χ0n) is 15.2. The van der Waals surface area contributed by atoms with Crippen molar-refractivity contribution in [3.8, 4) is 5.75 Å². The van der Waals surface area contributed by atoms with Crippen molar-refractivity contribution in [3.05, 3.63) is 59.8 Å². The van der Waals surface area contributed by atoms with Gasteiger partial charge in [0, 0.05) is 49.0 Å². The smallest absolute Gasteiger partial charge is 0.256 e. The van der Waals surface area contributed by atoms with Crippen LogP contribution in [0, 0.1) is 6.92 Å². The molecule has 5 heteroatoms. The minimum atomic E-state index is 0.103. The number of nitrogens with one attached hydrogen (secondary N) is 1. The summed E-state index contributed by atoms with van der Waals surface area (Å²) in [5.41, 5.74) is 3.84. The van der Waals surface area contributed by atoms with Crippen molar-refractivity contribution in [2.24, 2.45) is 0 Å². The van der Waals surface area contributed by atoms with Crippen molar-refractivity contribution < 1.29 is 9.53 Å². The average molecular weight is 349 g/mol. The number of amides is 1. The number of rotatable bonds is 3. The van der Waals surface area contributed by atoms with Gasteiger partial charge in [0.05, 0.1) is 18.2 Å². The van der Waals surface area contributed by atoms with Crippen molar-refractivity contribution in [2.75, 3.05) is 38.2 Å². The van der Waals surface area contributed by atoms with Gasteiger partial charge < -0.3 is 19.5 Å². The fourth-order valence-electron chi connectivity index (χ4n) is 3.68. The Hall–Kier alpha value is -2.95. The van der Waals surface area contributed by atoms with Crippen molar-refractivity contribution in [3.63, 3.8) is 0 Å². The first-order valence-electron chi connectivity index (χ1n) is 8.93. The monoisotopic (exact) mass is 349 g/mol. The van der Waals surface area contributed by atoms with Gasteiger partial charge in [0.25, 0.3) is 5.91 Å². The third-order valence-electron chi connectivity index (χ3n) is 5.10. The Bertz CT molecular complexity index is 925. The first-order chi connectivity index (χ1) is 12.7. The van der Waals surface area contributed by atoms with E-state index in [9.17, 15) is 4.79 Å². The Morgan fingerprint density at radius 1 is 1.04 bits per heavy atom. The van der Waals surface area contributed by atoms with E-state index in [1.54, 1.807) is 7.11 Å². The molecule has 0 spiro atoms. The molecule has 2 aromatic carbocycles. The van der Waals surface area contributed by atoms with Crippen LogP contribution in [0.3, 0.4) is 0 Å². The van der Waals surface area contributed by atoms with Gasteiger partial charge in [-0.15, -0.1) is 0 Å². The largest absolute Gasteiger partial charge is 0.497 e. The highest BCUT2D eigenvalue weighted by molar-refractivity contribution is 6.08. The van der Waals surface area contributed by atoms with Gasteiger partial charge in [0.15, 0.2) is 0 Å². The van der Waals surface area contributed by atoms with E-state index in [-0.39, 0.29) is 5.91 Å². The second-order valence-electron chi connectivity index (χ2n) is 6.65. The molecule has 1 fully saturated rings. The Labute approximate surface area is 153 Å². The van der Waals surface area contributed by atoms with E-state index in [0.29, 0.717) is 0 Å². The number of anilines is 1. The summed E-state index contributed by atoms with van der Waals surface area (Å²) >= 11 is 0. The molecule has 4 rings (SSSR count). The average Bonchev–Trinajstić information content (AvgIpc) is 3.03. The highest BCUT2D eigenvalue weighted by Gasteiger charge is 2.25. The lowest BCUT2D eigenvalue weighted by atomic mass is 10.1. The van der Waals surface area contributed by atoms with Gasteiger partial charge in [-0.05, 0) is 31.2 Å². The van der Waals surface area contributed by atoms with Gasteiger partial charge in [-0.3, -0.25) is 4.79 Å². The molecule has 0 radical (unpaired) electrons. The number of fused-ring (bicyclic) bond motifs is 1. The molecule has 5 nitrogen and oxygen atoms in total. The highest BCUT2D eigenvalue weighted by Crippen LogP contribution is 2.27. The third kappa shape index (κ3) is 2.90. The molecule has 0 saturated carbocycles. The van der Waals surface area contributed by atoms with Gasteiger partial charge in [0.1, 0.15) is 5.75 Å². The molecule has 0 atom stereocenters. The number of nitrogens with zero attached hydrogens (tertiary/aromatic N) is 2. The van der Waals surface area contributed by atoms with Crippen LogP contribution < -0.4 is 9.64 Å². The minimum absolute atomic E-state index is 0.103. The number of carbonyl (C=O) groups is 1. The summed E-state index contributed by atoms with van der Waals surface area (Å²) in [5, 5.41) is 0.957. The first-order valence-corrected chi connectivity index (χ1v) is 8.93. The number of benzene rings is 2. The van der Waals surface area contributed by atoms with E-state index in [0.717, 1.165) is 54.1 Å². The molecule has 1 aliphatic heterocycles. The van der Waals surface area contributed by atoms with Crippen molar-refractivity contribution in [2.45, 2.75) is 6.92 Å². The highest BCUT2D eigenvalue weighted by atomic mass is 16.5. The van der Waals surface area contributed by atoms with Gasteiger partial charge in [-0.2, -0.15) is 0 Å². The lowest BCUT2D eigenvalue weighted by Crippen LogP contribution is -2.48. The fourth-order valence-corrected chi connectivity index (χ4v) is 3.68. The van der Waals surface area contributed by atoms with Crippen molar-refractivity contribution in [1.29, 1.82) is 0 Å². The summed E-state index contributed by atoms with van der Waals surface area (Å²) in [7, 11) is 1.65. The molecule has 0 bridgehead atoms. The Balaban J connectivity index is 1.54. The Kier molecular flexibility index (Phi) is 4.29. The first kappa shape index (κ1) is 16.5. The zero-order valence-corrected chi connectivity index (χ0v) is 15.2. The van der Waals surface area contributed by atoms with E-state index < -0.39 is 0 Å². The summed E-state index contributed by atoms with van der Waals surface area (Å²) in [6.45, 7) is 5.13. The van der Waals surface area contributed by atoms with Gasteiger partial charge in [0.2, 0.25) is 0 Å². The van der Waals surface area contributed by atoms with Gasteiger partial charge in [-0.25, -0.2) is 0 Å². The maximum absolute atomic E-state index is 13.1. The second kappa shape index (κ2) is 6.75. The quantitative estimate of drug-likeness (QED) is 0.788. The molecule has 134 valence electrons. The number of methoxy groups -OCH3 is 1. The molecule has 3 aromatic rings. The second-order valence-corrected chi connectivity index (χ2v) is 6.65. The summed E-state index contributed by atoms with van der Waals surface area (Å²) < 4.78 is 5.28. The van der Waals surface area contributed by atoms with Crippen LogP contribution in [0.15, 0.2) is 48.5 Å². The molecule has 0 aliphatic carbocycles. The predicted molar refractivity (Wildman–Crippen MR) is 104 cm³/mol. The number of aromatic amines is 1. The minimum Gasteiger partial charge on any atom is -0.497 e. The van der Waals surface area contributed by atoms with Crippen LogP contribution in [0.4, 0.5) is 5.69 Å². The maximum Gasteiger partial charge on any atom is 0.256 e. The SMILES string of the molecule is COc1ccc2c(C(=O)N3CCN(c4ccccc4)CC3)c(C)[nH]c2c1. The number of hydrogen-bond donors (Lipinski definition) is 1. The van der Waals surface area contributed by atoms with E-state index in [4.69, 9.17) is 4.74 Å². The molecule has 1 aliphatic rings. The topological polar surface area (TPSA) is 48.6 Å². The Morgan fingerprint density at radius 3 is 2.46 bits per heavy atom. The van der Waals surface area contributed by atoms with Crippen LogP contribution in [-0.4, -0.2) is 49.1 Å². The number of hydrogen-bond acceptors (Lipinski definition) is 3. The molecule has 1 aromatic heterocycles. The van der Waals surface area contributed by atoms with Gasteiger partial charge in [-0.1, -0.05) is 18.2 Å². The van der Waals surface area contributed by atoms with Crippen LogP contribution in [0.25, 0.3) is 10.9 Å². The van der Waals surface area contributed by atoms with Gasteiger partial charge >= 0.3 is 0 Å². The number of piperazine rings is 1. The number of aromatic nitrogens is 1. The standard InChI is InChI=1S/C21H23N3O2/c1-15-20(18-9-8-17(26-2)14-19(18)22-15)21(25)24-12-10-23(11-13-24)16-6-4-3-5-7-16/h3-9,14,22H,10-13H2,1-2H3. The molecular formula is C21H23N3O2. The van der Waals surface area contributed by atoms with E-state index in [1.807, 2.05) is 36.1 Å². The number of aryl methyl sites for hydroxylation is 1. The summed E-state index contributed by atoms with van der Waals surface area (Å²) in [5.74, 6) is 0.890. The Morgan fingerprint density at radius 2 is 1.77 bits per heavy atom. The van der Waals surface area contributed by atoms with Crippen LogP contribution in [-0.2, 0) is 0 Å². The normalized spacial score (nSPS) is 14.7. The summed E-state index contributed by atoms with van der Waals surface area (Å²) in [6, 6.07) is 16.2. The number of para-hydroxylation sites is 1. The molecule has 0 unspecified atom stereocenters. The zero-order chi connectivity index (χ0) is 18.1. The summed E-state index contributed by atoms with van der Waals surface area (Å²) in [6.07, 6.45) is 0. The molecule has 1 saturated heterocycles. The van der Waals surface area contributed by atoms with Crippen molar-refractivity contribution >= 4 is 22.5 Å². The number of carbonyl (C=O) groups excluding carboxylic acids is 1. The lowest BCUT2D eigenvalue weighted by Gasteiger charge is -2.36. The van der Waals surface area contributed by atoms with Crippen LogP contribution in [0.1, 0.15) is 16.1 Å². The third-order valence-corrected chi connectivity index (χ3v) is 5.10. The van der Waals surface area contributed by atoms with Crippen LogP contribution in [0.2, 0.25) is 0 Å². The molecule has 2 heterocycles. The van der Waals surface area contributed by atoms with Crippen LogP contribution >= 0.6 is 0 Å². The molecule has 1 amide bonds. The lowest BCUT2D eigenvalue weighted by molar-refractivity contribution is 0.0748. The van der Waals surface area contributed by atoms with E-state index in [1.165, 1.54) is 5.69 Å². The van der Waals surface area contributed by atoms with E-state index >= 15 is 0 Å².